The van der Waals surface area contributed by atoms with Gasteiger partial charge in [-0.05, 0) is 48.0 Å². The molecule has 3 rings (SSSR count). The standard InChI is InChI=1S/C20H18FN3O4S/c1-28-16-6-9-19(18(21)11-16)29(26,27)17-7-4-15(5-8-17)24-20(25)23-13-14-3-2-10-22-12-14/h2-12H,13H2,1H3,(H2,23,24,25). The van der Waals surface area contributed by atoms with E-state index in [4.69, 9.17) is 4.74 Å². The molecule has 2 N–H and O–H groups in total. The first kappa shape index (κ1) is 20.3. The highest BCUT2D eigenvalue weighted by atomic mass is 32.2. The summed E-state index contributed by atoms with van der Waals surface area (Å²) in [5.41, 5.74) is 1.23. The molecular formula is C20H18FN3O4S. The number of pyridine rings is 1. The maximum absolute atomic E-state index is 14.2. The molecule has 3 aromatic rings. The summed E-state index contributed by atoms with van der Waals surface area (Å²) < 4.78 is 44.4. The van der Waals surface area contributed by atoms with E-state index < -0.39 is 26.6 Å². The molecule has 0 radical (unpaired) electrons. The summed E-state index contributed by atoms with van der Waals surface area (Å²) in [7, 11) is -2.69. The number of rotatable bonds is 6. The van der Waals surface area contributed by atoms with Crippen LogP contribution in [0.25, 0.3) is 0 Å². The molecule has 7 nitrogen and oxygen atoms in total. The number of hydrogen-bond acceptors (Lipinski definition) is 5. The second-order valence-electron chi connectivity index (χ2n) is 5.99. The Morgan fingerprint density at radius 2 is 1.90 bits per heavy atom. The fourth-order valence-corrected chi connectivity index (χ4v) is 3.84. The van der Waals surface area contributed by atoms with Crippen molar-refractivity contribution < 1.29 is 22.3 Å². The Bertz CT molecular complexity index is 1100. The molecule has 0 unspecified atom stereocenters. The second-order valence-corrected chi connectivity index (χ2v) is 7.91. The third-order valence-electron chi connectivity index (χ3n) is 4.03. The van der Waals surface area contributed by atoms with Gasteiger partial charge in [0.15, 0.2) is 0 Å². The summed E-state index contributed by atoms with van der Waals surface area (Å²) in [6.07, 6.45) is 3.27. The molecule has 2 aromatic carbocycles. The molecule has 1 heterocycles. The minimum absolute atomic E-state index is 0.0946. The van der Waals surface area contributed by atoms with Crippen molar-refractivity contribution >= 4 is 21.6 Å². The number of benzene rings is 2. The lowest BCUT2D eigenvalue weighted by molar-refractivity contribution is 0.251. The zero-order valence-electron chi connectivity index (χ0n) is 15.4. The number of anilines is 1. The fourth-order valence-electron chi connectivity index (χ4n) is 2.53. The molecule has 2 amide bonds. The van der Waals surface area contributed by atoms with Gasteiger partial charge in [-0.15, -0.1) is 0 Å². The lowest BCUT2D eigenvalue weighted by Gasteiger charge is -2.10. The van der Waals surface area contributed by atoms with Crippen LogP contribution in [0.3, 0.4) is 0 Å². The van der Waals surface area contributed by atoms with Gasteiger partial charge in [-0.25, -0.2) is 17.6 Å². The van der Waals surface area contributed by atoms with Crippen LogP contribution in [0.5, 0.6) is 5.75 Å². The van der Waals surface area contributed by atoms with E-state index in [1.165, 1.54) is 37.4 Å². The summed E-state index contributed by atoms with van der Waals surface area (Å²) in [6.45, 7) is 0.295. The van der Waals surface area contributed by atoms with Crippen LogP contribution in [0.1, 0.15) is 5.56 Å². The third kappa shape index (κ3) is 4.88. The first-order chi connectivity index (χ1) is 13.9. The van der Waals surface area contributed by atoms with Gasteiger partial charge in [0.05, 0.1) is 12.0 Å². The third-order valence-corrected chi connectivity index (χ3v) is 5.83. The summed E-state index contributed by atoms with van der Waals surface area (Å²) in [6, 6.07) is 12.1. The average molecular weight is 415 g/mol. The van der Waals surface area contributed by atoms with E-state index in [1.807, 2.05) is 6.07 Å². The quantitative estimate of drug-likeness (QED) is 0.643. The van der Waals surface area contributed by atoms with Gasteiger partial charge in [-0.1, -0.05) is 6.07 Å². The number of methoxy groups -OCH3 is 1. The Balaban J connectivity index is 1.68. The maximum Gasteiger partial charge on any atom is 0.319 e. The Hall–Kier alpha value is -3.46. The van der Waals surface area contributed by atoms with Gasteiger partial charge >= 0.3 is 6.03 Å². The van der Waals surface area contributed by atoms with E-state index in [0.717, 1.165) is 17.7 Å². The minimum atomic E-state index is -4.05. The molecule has 0 aliphatic carbocycles. The van der Waals surface area contributed by atoms with Gasteiger partial charge in [0.1, 0.15) is 16.5 Å². The van der Waals surface area contributed by atoms with Crippen LogP contribution in [0.2, 0.25) is 0 Å². The van der Waals surface area contributed by atoms with Gasteiger partial charge in [0.2, 0.25) is 9.84 Å². The Morgan fingerprint density at radius 1 is 1.14 bits per heavy atom. The van der Waals surface area contributed by atoms with Crippen molar-refractivity contribution in [1.29, 1.82) is 0 Å². The number of nitrogens with one attached hydrogen (secondary N) is 2. The number of carbonyl (C=O) groups is 1. The SMILES string of the molecule is COc1ccc(S(=O)(=O)c2ccc(NC(=O)NCc3cccnc3)cc2)c(F)c1. The van der Waals surface area contributed by atoms with Crippen LogP contribution in [-0.2, 0) is 16.4 Å². The van der Waals surface area contributed by atoms with Crippen molar-refractivity contribution in [1.82, 2.24) is 10.3 Å². The van der Waals surface area contributed by atoms with E-state index >= 15 is 0 Å². The topological polar surface area (TPSA) is 97.4 Å². The molecule has 0 bridgehead atoms. The molecule has 150 valence electrons. The van der Waals surface area contributed by atoms with Crippen molar-refractivity contribution in [2.45, 2.75) is 16.3 Å². The van der Waals surface area contributed by atoms with Crippen LogP contribution >= 0.6 is 0 Å². The summed E-state index contributed by atoms with van der Waals surface area (Å²) in [5.74, 6) is -0.681. The molecule has 0 spiro atoms. The smallest absolute Gasteiger partial charge is 0.319 e. The number of ether oxygens (including phenoxy) is 1. The molecule has 9 heteroatoms. The van der Waals surface area contributed by atoms with Gasteiger partial charge in [0, 0.05) is 30.7 Å². The molecular weight excluding hydrogens is 397 g/mol. The number of sulfone groups is 1. The lowest BCUT2D eigenvalue weighted by atomic mass is 10.3. The zero-order valence-corrected chi connectivity index (χ0v) is 16.2. The lowest BCUT2D eigenvalue weighted by Crippen LogP contribution is -2.28. The zero-order chi connectivity index (χ0) is 20.9. The molecule has 0 atom stereocenters. The van der Waals surface area contributed by atoms with Crippen molar-refractivity contribution in [2.24, 2.45) is 0 Å². The largest absolute Gasteiger partial charge is 0.497 e. The normalized spacial score (nSPS) is 11.0. The van der Waals surface area contributed by atoms with E-state index in [2.05, 4.69) is 15.6 Å². The Labute approximate surface area is 167 Å². The molecule has 0 aliphatic rings. The van der Waals surface area contributed by atoms with E-state index in [-0.39, 0.29) is 10.6 Å². The molecule has 0 saturated carbocycles. The molecule has 1 aromatic heterocycles. The van der Waals surface area contributed by atoms with Gasteiger partial charge in [0.25, 0.3) is 0 Å². The maximum atomic E-state index is 14.2. The van der Waals surface area contributed by atoms with E-state index in [1.54, 1.807) is 18.5 Å². The van der Waals surface area contributed by atoms with Crippen LogP contribution in [0.15, 0.2) is 76.8 Å². The van der Waals surface area contributed by atoms with Crippen LogP contribution in [0, 0.1) is 5.82 Å². The molecule has 0 saturated heterocycles. The number of aromatic nitrogens is 1. The van der Waals surface area contributed by atoms with Gasteiger partial charge < -0.3 is 15.4 Å². The summed E-state index contributed by atoms with van der Waals surface area (Å²) in [4.78, 5) is 15.4. The minimum Gasteiger partial charge on any atom is -0.497 e. The highest BCUT2D eigenvalue weighted by Gasteiger charge is 2.22. The first-order valence-corrected chi connectivity index (χ1v) is 10.0. The van der Waals surface area contributed by atoms with Crippen molar-refractivity contribution in [3.63, 3.8) is 0 Å². The van der Waals surface area contributed by atoms with E-state index in [0.29, 0.717) is 12.2 Å². The fraction of sp³-hybridized carbons (Fsp3) is 0.100. The monoisotopic (exact) mass is 415 g/mol. The number of halogens is 1. The average Bonchev–Trinajstić information content (AvgIpc) is 2.73. The van der Waals surface area contributed by atoms with Crippen LogP contribution < -0.4 is 15.4 Å². The Kier molecular flexibility index (Phi) is 6.08. The highest BCUT2D eigenvalue weighted by Crippen LogP contribution is 2.27. The van der Waals surface area contributed by atoms with Crippen LogP contribution in [0.4, 0.5) is 14.9 Å². The van der Waals surface area contributed by atoms with Crippen LogP contribution in [-0.4, -0.2) is 26.5 Å². The first-order valence-electron chi connectivity index (χ1n) is 8.52. The van der Waals surface area contributed by atoms with Crippen molar-refractivity contribution in [3.05, 3.63) is 78.4 Å². The van der Waals surface area contributed by atoms with Gasteiger partial charge in [-0.3, -0.25) is 4.98 Å². The predicted octanol–water partition coefficient (Wildman–Crippen LogP) is 3.38. The highest BCUT2D eigenvalue weighted by molar-refractivity contribution is 7.91. The number of urea groups is 1. The second kappa shape index (κ2) is 8.70. The number of nitrogens with zero attached hydrogens (tertiary/aromatic N) is 1. The Morgan fingerprint density at radius 3 is 2.52 bits per heavy atom. The predicted molar refractivity (Wildman–Crippen MR) is 105 cm³/mol. The number of carbonyl (C=O) groups excluding carboxylic acids is 1. The summed E-state index contributed by atoms with van der Waals surface area (Å²) in [5, 5.41) is 5.27. The molecule has 0 aliphatic heterocycles. The van der Waals surface area contributed by atoms with E-state index in [9.17, 15) is 17.6 Å². The number of amides is 2. The van der Waals surface area contributed by atoms with Crippen molar-refractivity contribution in [2.75, 3.05) is 12.4 Å². The molecule has 29 heavy (non-hydrogen) atoms. The van der Waals surface area contributed by atoms with Gasteiger partial charge in [-0.2, -0.15) is 0 Å². The number of hydrogen-bond donors (Lipinski definition) is 2. The molecule has 0 fully saturated rings. The summed E-state index contributed by atoms with van der Waals surface area (Å²) >= 11 is 0. The van der Waals surface area contributed by atoms with Crippen molar-refractivity contribution in [3.8, 4) is 5.75 Å².